The second-order valence-corrected chi connectivity index (χ2v) is 4.14. The zero-order valence-electron chi connectivity index (χ0n) is 6.60. The number of ether oxygens (including phenoxy) is 1. The van der Waals surface area contributed by atoms with Gasteiger partial charge in [0.05, 0.1) is 25.5 Å². The predicted molar refractivity (Wildman–Crippen MR) is 45.8 cm³/mol. The highest BCUT2D eigenvalue weighted by molar-refractivity contribution is 7.86. The van der Waals surface area contributed by atoms with E-state index in [0.717, 1.165) is 6.26 Å². The molecular formula is C5H12ClNO4S. The van der Waals surface area contributed by atoms with Crippen LogP contribution in [0.4, 0.5) is 0 Å². The van der Waals surface area contributed by atoms with Crippen LogP contribution in [0.5, 0.6) is 0 Å². The van der Waals surface area contributed by atoms with Gasteiger partial charge in [0.25, 0.3) is 10.1 Å². The molecule has 1 saturated heterocycles. The van der Waals surface area contributed by atoms with Crippen molar-refractivity contribution in [1.82, 2.24) is 0 Å². The average Bonchev–Trinajstić information content (AvgIpc) is 2.12. The summed E-state index contributed by atoms with van der Waals surface area (Å²) in [5, 5.41) is 0. The molecular weight excluding hydrogens is 206 g/mol. The summed E-state index contributed by atoms with van der Waals surface area (Å²) in [6.45, 7) is 0.619. The van der Waals surface area contributed by atoms with Crippen LogP contribution in [-0.4, -0.2) is 40.0 Å². The summed E-state index contributed by atoms with van der Waals surface area (Å²) >= 11 is 0. The average molecular weight is 218 g/mol. The maximum Gasteiger partial charge on any atom is 0.264 e. The van der Waals surface area contributed by atoms with Crippen molar-refractivity contribution in [3.8, 4) is 0 Å². The second kappa shape index (κ2) is 4.38. The fourth-order valence-corrected chi connectivity index (χ4v) is 1.52. The Morgan fingerprint density at radius 1 is 1.50 bits per heavy atom. The SMILES string of the molecule is CS(=O)(=O)OC1COCC1N.Cl. The van der Waals surface area contributed by atoms with Crippen LogP contribution < -0.4 is 5.73 Å². The number of hydrogen-bond acceptors (Lipinski definition) is 5. The molecule has 1 rings (SSSR count). The molecule has 0 bridgehead atoms. The van der Waals surface area contributed by atoms with Gasteiger partial charge in [-0.25, -0.2) is 0 Å². The predicted octanol–water partition coefficient (Wildman–Crippen LogP) is -0.890. The summed E-state index contributed by atoms with van der Waals surface area (Å²) in [6, 6.07) is -0.329. The van der Waals surface area contributed by atoms with Crippen LogP contribution in [0.2, 0.25) is 0 Å². The Kier molecular flexibility index (Phi) is 4.43. The van der Waals surface area contributed by atoms with Crippen LogP contribution in [0, 0.1) is 0 Å². The molecule has 74 valence electrons. The van der Waals surface area contributed by atoms with Crippen molar-refractivity contribution < 1.29 is 17.3 Å². The van der Waals surface area contributed by atoms with Crippen LogP contribution in [0.1, 0.15) is 0 Å². The highest BCUT2D eigenvalue weighted by atomic mass is 35.5. The summed E-state index contributed by atoms with van der Waals surface area (Å²) in [5.74, 6) is 0. The Bertz CT molecular complexity index is 230. The molecule has 1 fully saturated rings. The first kappa shape index (κ1) is 12.1. The molecule has 1 aliphatic heterocycles. The molecule has 0 spiro atoms. The molecule has 0 aromatic carbocycles. The van der Waals surface area contributed by atoms with Crippen LogP contribution >= 0.6 is 12.4 Å². The molecule has 1 heterocycles. The standard InChI is InChI=1S/C5H11NO4S.ClH/c1-11(7,8)10-5-3-9-2-4(5)6;/h4-5H,2-3,6H2,1H3;1H. The monoisotopic (exact) mass is 217 g/mol. The number of hydrogen-bond donors (Lipinski definition) is 1. The molecule has 0 aromatic rings. The van der Waals surface area contributed by atoms with Crippen molar-refractivity contribution in [2.24, 2.45) is 5.73 Å². The summed E-state index contributed by atoms with van der Waals surface area (Å²) in [4.78, 5) is 0. The third-order valence-electron chi connectivity index (χ3n) is 1.37. The Balaban J connectivity index is 0.00000121. The van der Waals surface area contributed by atoms with Gasteiger partial charge < -0.3 is 10.5 Å². The third-order valence-corrected chi connectivity index (χ3v) is 1.97. The normalized spacial score (nSPS) is 29.8. The van der Waals surface area contributed by atoms with Crippen molar-refractivity contribution in [2.75, 3.05) is 19.5 Å². The molecule has 2 atom stereocenters. The Morgan fingerprint density at radius 2 is 2.08 bits per heavy atom. The second-order valence-electron chi connectivity index (χ2n) is 2.54. The van der Waals surface area contributed by atoms with Gasteiger partial charge >= 0.3 is 0 Å². The van der Waals surface area contributed by atoms with Gasteiger partial charge in [0.1, 0.15) is 6.10 Å². The van der Waals surface area contributed by atoms with Crippen molar-refractivity contribution >= 4 is 22.5 Å². The van der Waals surface area contributed by atoms with E-state index < -0.39 is 16.2 Å². The minimum Gasteiger partial charge on any atom is -0.377 e. The molecule has 1 aliphatic rings. The number of rotatable bonds is 2. The van der Waals surface area contributed by atoms with Crippen LogP contribution in [0.3, 0.4) is 0 Å². The molecule has 0 amide bonds. The van der Waals surface area contributed by atoms with Crippen molar-refractivity contribution in [2.45, 2.75) is 12.1 Å². The van der Waals surface area contributed by atoms with Crippen molar-refractivity contribution in [3.63, 3.8) is 0 Å². The van der Waals surface area contributed by atoms with Gasteiger partial charge in [-0.2, -0.15) is 8.42 Å². The van der Waals surface area contributed by atoms with Gasteiger partial charge in [0, 0.05) is 0 Å². The van der Waals surface area contributed by atoms with E-state index in [9.17, 15) is 8.42 Å². The summed E-state index contributed by atoms with van der Waals surface area (Å²) in [7, 11) is -3.40. The van der Waals surface area contributed by atoms with Gasteiger partial charge in [0.15, 0.2) is 0 Å². The fourth-order valence-electron chi connectivity index (χ4n) is 0.875. The summed E-state index contributed by atoms with van der Waals surface area (Å²) in [6.07, 6.45) is 0.489. The van der Waals surface area contributed by atoms with Crippen molar-refractivity contribution in [3.05, 3.63) is 0 Å². The zero-order valence-corrected chi connectivity index (χ0v) is 8.23. The van der Waals surface area contributed by atoms with E-state index >= 15 is 0 Å². The van der Waals surface area contributed by atoms with E-state index in [0.29, 0.717) is 6.61 Å². The largest absolute Gasteiger partial charge is 0.377 e. The lowest BCUT2D eigenvalue weighted by molar-refractivity contribution is 0.145. The highest BCUT2D eigenvalue weighted by Gasteiger charge is 2.28. The smallest absolute Gasteiger partial charge is 0.264 e. The summed E-state index contributed by atoms with van der Waals surface area (Å²) in [5.41, 5.74) is 5.47. The van der Waals surface area contributed by atoms with Crippen LogP contribution in [0.15, 0.2) is 0 Å². The molecule has 0 saturated carbocycles. The lowest BCUT2D eigenvalue weighted by Gasteiger charge is -2.11. The number of halogens is 1. The third kappa shape index (κ3) is 3.68. The Labute approximate surface area is 77.7 Å². The molecule has 0 aromatic heterocycles. The molecule has 12 heavy (non-hydrogen) atoms. The van der Waals surface area contributed by atoms with E-state index in [1.165, 1.54) is 0 Å². The quantitative estimate of drug-likeness (QED) is 0.608. The van der Waals surface area contributed by atoms with E-state index in [1.54, 1.807) is 0 Å². The zero-order chi connectivity index (χ0) is 8.48. The lowest BCUT2D eigenvalue weighted by atomic mass is 10.2. The molecule has 7 heteroatoms. The van der Waals surface area contributed by atoms with E-state index in [4.69, 9.17) is 10.5 Å². The van der Waals surface area contributed by atoms with Crippen LogP contribution in [-0.2, 0) is 19.0 Å². The number of nitrogens with two attached hydrogens (primary N) is 1. The molecule has 2 unspecified atom stereocenters. The molecule has 2 N–H and O–H groups in total. The van der Waals surface area contributed by atoms with Crippen LogP contribution in [0.25, 0.3) is 0 Å². The van der Waals surface area contributed by atoms with Crippen molar-refractivity contribution in [1.29, 1.82) is 0 Å². The molecule has 5 nitrogen and oxygen atoms in total. The van der Waals surface area contributed by atoms with Gasteiger partial charge in [0.2, 0.25) is 0 Å². The summed E-state index contributed by atoms with van der Waals surface area (Å²) < 4.78 is 30.7. The molecule has 0 radical (unpaired) electrons. The van der Waals surface area contributed by atoms with Gasteiger partial charge in [-0.1, -0.05) is 0 Å². The van der Waals surface area contributed by atoms with E-state index in [2.05, 4.69) is 4.18 Å². The van der Waals surface area contributed by atoms with Gasteiger partial charge in [-0.15, -0.1) is 12.4 Å². The van der Waals surface area contributed by atoms with E-state index in [1.807, 2.05) is 0 Å². The molecule has 0 aliphatic carbocycles. The first-order valence-corrected chi connectivity index (χ1v) is 5.02. The Hall–Kier alpha value is 0.120. The van der Waals surface area contributed by atoms with Gasteiger partial charge in [-0.3, -0.25) is 4.18 Å². The maximum absolute atomic E-state index is 10.6. The fraction of sp³-hybridized carbons (Fsp3) is 1.00. The lowest BCUT2D eigenvalue weighted by Crippen LogP contribution is -2.36. The maximum atomic E-state index is 10.6. The Morgan fingerprint density at radius 3 is 2.42 bits per heavy atom. The van der Waals surface area contributed by atoms with E-state index in [-0.39, 0.29) is 25.1 Å². The van der Waals surface area contributed by atoms with Gasteiger partial charge in [-0.05, 0) is 0 Å². The minimum absolute atomic E-state index is 0. The first-order valence-electron chi connectivity index (χ1n) is 3.20. The minimum atomic E-state index is -3.40. The topological polar surface area (TPSA) is 78.6 Å². The first-order chi connectivity index (χ1) is 4.99. The highest BCUT2D eigenvalue weighted by Crippen LogP contribution is 2.09.